The van der Waals surface area contributed by atoms with Crippen LogP contribution in [0.5, 0.6) is 5.75 Å². The Kier molecular flexibility index (Phi) is 4.53. The molecule has 0 unspecified atom stereocenters. The van der Waals surface area contributed by atoms with E-state index in [1.165, 1.54) is 5.56 Å². The maximum Gasteiger partial charge on any atom is 0.187 e. The summed E-state index contributed by atoms with van der Waals surface area (Å²) in [6.07, 6.45) is 3.56. The number of hydrogen-bond acceptors (Lipinski definition) is 4. The van der Waals surface area contributed by atoms with Crippen LogP contribution >= 0.6 is 0 Å². The molecule has 2 aromatic carbocycles. The van der Waals surface area contributed by atoms with Gasteiger partial charge in [0.15, 0.2) is 5.78 Å². The van der Waals surface area contributed by atoms with Crippen molar-refractivity contribution in [1.29, 1.82) is 0 Å². The summed E-state index contributed by atoms with van der Waals surface area (Å²) < 4.78 is 5.37. The van der Waals surface area contributed by atoms with Gasteiger partial charge in [-0.1, -0.05) is 19.9 Å². The first-order chi connectivity index (χ1) is 12.0. The van der Waals surface area contributed by atoms with Crippen molar-refractivity contribution in [3.8, 4) is 5.75 Å². The molecule has 0 atom stereocenters. The number of ether oxygens (including phenoxy) is 1. The highest BCUT2D eigenvalue weighted by Crippen LogP contribution is 2.43. The molecular weight excluding hydrogens is 312 g/mol. The predicted octanol–water partition coefficient (Wildman–Crippen LogP) is 4.12. The van der Waals surface area contributed by atoms with Crippen molar-refractivity contribution >= 4 is 17.2 Å². The van der Waals surface area contributed by atoms with Gasteiger partial charge in [0.25, 0.3) is 0 Å². The Morgan fingerprint density at radius 3 is 2.44 bits per heavy atom. The van der Waals surface area contributed by atoms with E-state index < -0.39 is 0 Å². The standard InChI is InChI=1S/C21H24N2O2/c1-4-21(5-2)18-11-10-16(25-3)12-17(18)19(23-21)13-20(24)14-6-8-15(22)9-7-14/h6-13,23H,4-5,22H2,1-3H3/b19-13-. The second-order valence-electron chi connectivity index (χ2n) is 6.37. The number of allylic oxidation sites excluding steroid dienone is 1. The molecule has 0 saturated heterocycles. The van der Waals surface area contributed by atoms with Gasteiger partial charge in [0.1, 0.15) is 5.75 Å². The topological polar surface area (TPSA) is 64.4 Å². The Morgan fingerprint density at radius 2 is 1.84 bits per heavy atom. The third-order valence-electron chi connectivity index (χ3n) is 5.08. The zero-order valence-electron chi connectivity index (χ0n) is 14.9. The lowest BCUT2D eigenvalue weighted by Crippen LogP contribution is -2.34. The summed E-state index contributed by atoms with van der Waals surface area (Å²) >= 11 is 0. The first kappa shape index (κ1) is 17.1. The number of nitrogens with two attached hydrogens (primary N) is 1. The predicted molar refractivity (Wildman–Crippen MR) is 102 cm³/mol. The van der Waals surface area contributed by atoms with E-state index in [2.05, 4.69) is 25.2 Å². The van der Waals surface area contributed by atoms with E-state index in [1.54, 1.807) is 37.5 Å². The number of nitrogens with one attached hydrogen (secondary N) is 1. The van der Waals surface area contributed by atoms with Gasteiger partial charge in [0.2, 0.25) is 0 Å². The normalized spacial score (nSPS) is 16.4. The van der Waals surface area contributed by atoms with Crippen molar-refractivity contribution in [3.05, 3.63) is 65.2 Å². The molecule has 2 aromatic rings. The molecule has 1 heterocycles. The highest BCUT2D eigenvalue weighted by molar-refractivity contribution is 6.09. The molecule has 1 aliphatic rings. The van der Waals surface area contributed by atoms with Gasteiger partial charge in [0, 0.05) is 28.6 Å². The van der Waals surface area contributed by atoms with Gasteiger partial charge >= 0.3 is 0 Å². The van der Waals surface area contributed by atoms with Crippen LogP contribution in [0.25, 0.3) is 5.70 Å². The number of anilines is 1. The summed E-state index contributed by atoms with van der Waals surface area (Å²) in [7, 11) is 1.65. The van der Waals surface area contributed by atoms with Crippen molar-refractivity contribution in [1.82, 2.24) is 5.32 Å². The molecule has 0 aliphatic carbocycles. The van der Waals surface area contributed by atoms with Crippen molar-refractivity contribution in [3.63, 3.8) is 0 Å². The Labute approximate surface area is 148 Å². The van der Waals surface area contributed by atoms with Crippen LogP contribution < -0.4 is 15.8 Å². The summed E-state index contributed by atoms with van der Waals surface area (Å²) in [6, 6.07) is 13.1. The highest BCUT2D eigenvalue weighted by atomic mass is 16.5. The molecule has 3 N–H and O–H groups in total. The van der Waals surface area contributed by atoms with Gasteiger partial charge in [-0.05, 0) is 54.8 Å². The molecule has 0 amide bonds. The number of nitrogen functional groups attached to an aromatic ring is 1. The number of ketones is 1. The SMILES string of the molecule is CCC1(CC)N/C(=C\C(=O)c2ccc(N)cc2)c2cc(OC)ccc21. The maximum atomic E-state index is 12.7. The fourth-order valence-corrected chi connectivity index (χ4v) is 3.47. The van der Waals surface area contributed by atoms with Crippen LogP contribution in [0, 0.1) is 0 Å². The molecule has 4 heteroatoms. The van der Waals surface area contributed by atoms with Crippen LogP contribution in [0.4, 0.5) is 5.69 Å². The monoisotopic (exact) mass is 336 g/mol. The second kappa shape index (κ2) is 6.63. The summed E-state index contributed by atoms with van der Waals surface area (Å²) in [5.41, 5.74) is 9.93. The summed E-state index contributed by atoms with van der Waals surface area (Å²) in [5, 5.41) is 3.59. The van der Waals surface area contributed by atoms with Crippen molar-refractivity contribution in [2.45, 2.75) is 32.2 Å². The minimum Gasteiger partial charge on any atom is -0.497 e. The number of fused-ring (bicyclic) bond motifs is 1. The largest absolute Gasteiger partial charge is 0.497 e. The number of benzene rings is 2. The Balaban J connectivity index is 2.05. The molecule has 0 aromatic heterocycles. The summed E-state index contributed by atoms with van der Waals surface area (Å²) in [5.74, 6) is 0.744. The number of carbonyl (C=O) groups excluding carboxylic acids is 1. The second-order valence-corrected chi connectivity index (χ2v) is 6.37. The van der Waals surface area contributed by atoms with Crippen molar-refractivity contribution < 1.29 is 9.53 Å². The molecule has 130 valence electrons. The Morgan fingerprint density at radius 1 is 1.16 bits per heavy atom. The van der Waals surface area contributed by atoms with E-state index >= 15 is 0 Å². The average molecular weight is 336 g/mol. The van der Waals surface area contributed by atoms with E-state index in [4.69, 9.17) is 10.5 Å². The third kappa shape index (κ3) is 3.00. The van der Waals surface area contributed by atoms with Gasteiger partial charge < -0.3 is 15.8 Å². The van der Waals surface area contributed by atoms with E-state index in [0.29, 0.717) is 11.3 Å². The van der Waals surface area contributed by atoms with Crippen LogP contribution in [0.15, 0.2) is 48.5 Å². The third-order valence-corrected chi connectivity index (χ3v) is 5.08. The number of methoxy groups -OCH3 is 1. The number of hydrogen-bond donors (Lipinski definition) is 2. The first-order valence-corrected chi connectivity index (χ1v) is 8.61. The van der Waals surface area contributed by atoms with E-state index in [1.807, 2.05) is 12.1 Å². The zero-order chi connectivity index (χ0) is 18.0. The Hall–Kier alpha value is -2.75. The van der Waals surface area contributed by atoms with Crippen molar-refractivity contribution in [2.24, 2.45) is 0 Å². The summed E-state index contributed by atoms with van der Waals surface area (Å²) in [4.78, 5) is 12.7. The molecule has 0 spiro atoms. The fourth-order valence-electron chi connectivity index (χ4n) is 3.47. The first-order valence-electron chi connectivity index (χ1n) is 8.61. The minimum absolute atomic E-state index is 0.0423. The highest BCUT2D eigenvalue weighted by Gasteiger charge is 2.38. The van der Waals surface area contributed by atoms with Gasteiger partial charge in [-0.15, -0.1) is 0 Å². The summed E-state index contributed by atoms with van der Waals surface area (Å²) in [6.45, 7) is 4.32. The number of carbonyl (C=O) groups is 1. The smallest absolute Gasteiger partial charge is 0.187 e. The van der Waals surface area contributed by atoms with Crippen LogP contribution in [-0.2, 0) is 5.54 Å². The minimum atomic E-state index is -0.144. The van der Waals surface area contributed by atoms with Gasteiger partial charge in [0.05, 0.1) is 12.6 Å². The van der Waals surface area contributed by atoms with E-state index in [0.717, 1.165) is 29.9 Å². The van der Waals surface area contributed by atoms with E-state index in [-0.39, 0.29) is 11.3 Å². The molecule has 0 saturated carbocycles. The van der Waals surface area contributed by atoms with E-state index in [9.17, 15) is 4.79 Å². The molecule has 0 fully saturated rings. The van der Waals surface area contributed by atoms with Gasteiger partial charge in [-0.25, -0.2) is 0 Å². The van der Waals surface area contributed by atoms with Crippen molar-refractivity contribution in [2.75, 3.05) is 12.8 Å². The fraction of sp³-hybridized carbons (Fsp3) is 0.286. The molecule has 1 aliphatic heterocycles. The quantitative estimate of drug-likeness (QED) is 0.490. The molecular formula is C21H24N2O2. The molecule has 4 nitrogen and oxygen atoms in total. The molecule has 25 heavy (non-hydrogen) atoms. The van der Waals surface area contributed by atoms with Crippen LogP contribution in [-0.4, -0.2) is 12.9 Å². The Bertz CT molecular complexity index is 818. The lowest BCUT2D eigenvalue weighted by atomic mass is 9.85. The van der Waals surface area contributed by atoms with Gasteiger partial charge in [-0.3, -0.25) is 4.79 Å². The molecule has 3 rings (SSSR count). The average Bonchev–Trinajstić information content (AvgIpc) is 2.95. The van der Waals surface area contributed by atoms with Crippen LogP contribution in [0.3, 0.4) is 0 Å². The maximum absolute atomic E-state index is 12.7. The van der Waals surface area contributed by atoms with Crippen LogP contribution in [0.2, 0.25) is 0 Å². The molecule has 0 radical (unpaired) electrons. The van der Waals surface area contributed by atoms with Gasteiger partial charge in [-0.2, -0.15) is 0 Å². The lowest BCUT2D eigenvalue weighted by Gasteiger charge is -2.28. The lowest BCUT2D eigenvalue weighted by molar-refractivity contribution is 0.104. The zero-order valence-corrected chi connectivity index (χ0v) is 14.9. The molecule has 0 bridgehead atoms. The van der Waals surface area contributed by atoms with Crippen LogP contribution in [0.1, 0.15) is 48.2 Å². The number of rotatable bonds is 5.